The van der Waals surface area contributed by atoms with Gasteiger partial charge in [-0.1, -0.05) is 13.0 Å². The number of aryl methyl sites for hydroxylation is 2. The molecule has 1 aliphatic heterocycles. The van der Waals surface area contributed by atoms with E-state index < -0.39 is 6.10 Å². The minimum atomic E-state index is -0.466. The average Bonchev–Trinajstić information content (AvgIpc) is 2.65. The van der Waals surface area contributed by atoms with Crippen molar-refractivity contribution in [2.24, 2.45) is 11.7 Å². The van der Waals surface area contributed by atoms with Gasteiger partial charge in [-0.05, 0) is 68.2 Å². The average molecular weight is 344 g/mol. The molecule has 5 nitrogen and oxygen atoms in total. The number of hydrogen-bond donors (Lipinski definition) is 1. The second-order valence-corrected chi connectivity index (χ2v) is 7.15. The number of hydrogen-bond acceptors (Lipinski definition) is 3. The second-order valence-electron chi connectivity index (χ2n) is 7.15. The standard InChI is InChI=1S/C20H28N2O3/c1-2-18(20(24)22-11-9-15(10-12-22)19(21)23)25-17-8-7-14-5-3-4-6-16(14)13-17/h7-8,13,15,18H,2-6,9-12H2,1H3,(H2,21,23). The van der Waals surface area contributed by atoms with Gasteiger partial charge >= 0.3 is 0 Å². The topological polar surface area (TPSA) is 72.6 Å². The Morgan fingerprint density at radius 2 is 1.88 bits per heavy atom. The third kappa shape index (κ3) is 4.14. The van der Waals surface area contributed by atoms with Crippen molar-refractivity contribution in [3.05, 3.63) is 29.3 Å². The van der Waals surface area contributed by atoms with Crippen molar-refractivity contribution in [2.45, 2.75) is 58.0 Å². The number of nitrogens with two attached hydrogens (primary N) is 1. The highest BCUT2D eigenvalue weighted by atomic mass is 16.5. The van der Waals surface area contributed by atoms with E-state index >= 15 is 0 Å². The summed E-state index contributed by atoms with van der Waals surface area (Å²) in [6.45, 7) is 3.13. The van der Waals surface area contributed by atoms with Crippen LogP contribution in [0.3, 0.4) is 0 Å². The molecule has 2 N–H and O–H groups in total. The van der Waals surface area contributed by atoms with E-state index in [1.54, 1.807) is 0 Å². The van der Waals surface area contributed by atoms with E-state index in [9.17, 15) is 9.59 Å². The summed E-state index contributed by atoms with van der Waals surface area (Å²) in [5, 5.41) is 0. The summed E-state index contributed by atoms with van der Waals surface area (Å²) in [5.74, 6) is 0.436. The fraction of sp³-hybridized carbons (Fsp3) is 0.600. The van der Waals surface area contributed by atoms with Gasteiger partial charge in [-0.15, -0.1) is 0 Å². The summed E-state index contributed by atoms with van der Waals surface area (Å²) in [5.41, 5.74) is 8.13. The normalized spacial score (nSPS) is 19.2. The number of piperidine rings is 1. The molecule has 1 saturated heterocycles. The number of primary amides is 1. The minimum Gasteiger partial charge on any atom is -0.481 e. The first-order valence-corrected chi connectivity index (χ1v) is 9.45. The fourth-order valence-corrected chi connectivity index (χ4v) is 3.84. The van der Waals surface area contributed by atoms with E-state index in [1.807, 2.05) is 17.9 Å². The first kappa shape index (κ1) is 17.8. The monoisotopic (exact) mass is 344 g/mol. The van der Waals surface area contributed by atoms with Crippen LogP contribution in [-0.2, 0) is 22.4 Å². The number of carbonyl (C=O) groups is 2. The molecule has 1 atom stereocenters. The highest BCUT2D eigenvalue weighted by Crippen LogP contribution is 2.27. The summed E-state index contributed by atoms with van der Waals surface area (Å²) in [4.78, 5) is 25.9. The first-order valence-electron chi connectivity index (χ1n) is 9.45. The molecule has 25 heavy (non-hydrogen) atoms. The predicted octanol–water partition coefficient (Wildman–Crippen LogP) is 2.45. The SMILES string of the molecule is CCC(Oc1ccc2c(c1)CCCC2)C(=O)N1CCC(C(N)=O)CC1. The first-order chi connectivity index (χ1) is 12.1. The summed E-state index contributed by atoms with van der Waals surface area (Å²) in [6.07, 6.45) is 6.18. The molecule has 0 radical (unpaired) electrons. The van der Waals surface area contributed by atoms with Crippen LogP contribution >= 0.6 is 0 Å². The van der Waals surface area contributed by atoms with Gasteiger partial charge in [0.1, 0.15) is 5.75 Å². The molecule has 1 fully saturated rings. The molecule has 1 unspecified atom stereocenters. The van der Waals surface area contributed by atoms with E-state index in [0.29, 0.717) is 32.4 Å². The lowest BCUT2D eigenvalue weighted by molar-refractivity contribution is -0.141. The Balaban J connectivity index is 1.62. The lowest BCUT2D eigenvalue weighted by Crippen LogP contribution is -2.47. The Morgan fingerprint density at radius 3 is 2.52 bits per heavy atom. The van der Waals surface area contributed by atoms with Gasteiger partial charge in [0.15, 0.2) is 6.10 Å². The number of carbonyl (C=O) groups excluding carboxylic acids is 2. The Labute approximate surface area is 149 Å². The van der Waals surface area contributed by atoms with Gasteiger partial charge in [0.25, 0.3) is 5.91 Å². The van der Waals surface area contributed by atoms with Crippen LogP contribution in [0.4, 0.5) is 0 Å². The molecule has 1 aliphatic carbocycles. The van der Waals surface area contributed by atoms with Gasteiger partial charge in [-0.25, -0.2) is 0 Å². The molecule has 3 rings (SSSR count). The van der Waals surface area contributed by atoms with E-state index in [1.165, 1.54) is 24.0 Å². The molecular weight excluding hydrogens is 316 g/mol. The third-order valence-corrected chi connectivity index (χ3v) is 5.45. The number of amides is 2. The van der Waals surface area contributed by atoms with E-state index in [0.717, 1.165) is 18.6 Å². The van der Waals surface area contributed by atoms with Crippen LogP contribution in [0.1, 0.15) is 50.2 Å². The van der Waals surface area contributed by atoms with Crippen LogP contribution in [0.15, 0.2) is 18.2 Å². The fourth-order valence-electron chi connectivity index (χ4n) is 3.84. The van der Waals surface area contributed by atoms with Crippen molar-refractivity contribution in [1.29, 1.82) is 0 Å². The molecule has 1 aromatic carbocycles. The predicted molar refractivity (Wildman–Crippen MR) is 96.3 cm³/mol. The minimum absolute atomic E-state index is 0.0168. The molecule has 136 valence electrons. The number of fused-ring (bicyclic) bond motifs is 1. The van der Waals surface area contributed by atoms with Gasteiger partial charge in [0.2, 0.25) is 5.91 Å². The molecule has 2 amide bonds. The Morgan fingerprint density at radius 1 is 1.20 bits per heavy atom. The Bertz CT molecular complexity index is 636. The number of likely N-dealkylation sites (tertiary alicyclic amines) is 1. The van der Waals surface area contributed by atoms with Crippen LogP contribution in [0.5, 0.6) is 5.75 Å². The highest BCUT2D eigenvalue weighted by molar-refractivity contribution is 5.82. The Kier molecular flexibility index (Phi) is 5.61. The van der Waals surface area contributed by atoms with Crippen LogP contribution in [0.25, 0.3) is 0 Å². The molecule has 5 heteroatoms. The van der Waals surface area contributed by atoms with Gasteiger partial charge < -0.3 is 15.4 Å². The van der Waals surface area contributed by atoms with Gasteiger partial charge in [-0.2, -0.15) is 0 Å². The van der Waals surface area contributed by atoms with Gasteiger partial charge in [-0.3, -0.25) is 9.59 Å². The van der Waals surface area contributed by atoms with E-state index in [4.69, 9.17) is 10.5 Å². The largest absolute Gasteiger partial charge is 0.481 e. The van der Waals surface area contributed by atoms with Crippen molar-refractivity contribution in [3.63, 3.8) is 0 Å². The highest BCUT2D eigenvalue weighted by Gasteiger charge is 2.30. The molecule has 0 saturated carbocycles. The zero-order chi connectivity index (χ0) is 17.8. The maximum atomic E-state index is 12.8. The second kappa shape index (κ2) is 7.89. The van der Waals surface area contributed by atoms with Crippen molar-refractivity contribution in [1.82, 2.24) is 4.90 Å². The quantitative estimate of drug-likeness (QED) is 0.892. The zero-order valence-electron chi connectivity index (χ0n) is 15.0. The molecule has 1 aromatic rings. The Hall–Kier alpha value is -2.04. The number of nitrogens with zero attached hydrogens (tertiary/aromatic N) is 1. The van der Waals surface area contributed by atoms with Crippen molar-refractivity contribution >= 4 is 11.8 Å². The van der Waals surface area contributed by atoms with Crippen molar-refractivity contribution in [2.75, 3.05) is 13.1 Å². The number of rotatable bonds is 5. The summed E-state index contributed by atoms with van der Waals surface area (Å²) in [6, 6.07) is 6.22. The maximum Gasteiger partial charge on any atom is 0.263 e. The summed E-state index contributed by atoms with van der Waals surface area (Å²) < 4.78 is 6.04. The van der Waals surface area contributed by atoms with E-state index in [-0.39, 0.29) is 17.7 Å². The van der Waals surface area contributed by atoms with Crippen LogP contribution in [0.2, 0.25) is 0 Å². The smallest absolute Gasteiger partial charge is 0.263 e. The van der Waals surface area contributed by atoms with Crippen LogP contribution in [-0.4, -0.2) is 35.9 Å². The number of benzene rings is 1. The van der Waals surface area contributed by atoms with Crippen molar-refractivity contribution in [3.8, 4) is 5.75 Å². The lowest BCUT2D eigenvalue weighted by Gasteiger charge is -2.33. The van der Waals surface area contributed by atoms with Gasteiger partial charge in [0, 0.05) is 19.0 Å². The molecule has 0 bridgehead atoms. The molecule has 2 aliphatic rings. The van der Waals surface area contributed by atoms with Crippen LogP contribution in [0, 0.1) is 5.92 Å². The van der Waals surface area contributed by atoms with Crippen LogP contribution < -0.4 is 10.5 Å². The summed E-state index contributed by atoms with van der Waals surface area (Å²) >= 11 is 0. The zero-order valence-corrected chi connectivity index (χ0v) is 15.0. The number of ether oxygens (including phenoxy) is 1. The molecule has 0 aromatic heterocycles. The third-order valence-electron chi connectivity index (χ3n) is 5.45. The lowest BCUT2D eigenvalue weighted by atomic mass is 9.92. The summed E-state index contributed by atoms with van der Waals surface area (Å²) in [7, 11) is 0. The maximum absolute atomic E-state index is 12.8. The molecule has 0 spiro atoms. The molecular formula is C20H28N2O3. The van der Waals surface area contributed by atoms with Crippen molar-refractivity contribution < 1.29 is 14.3 Å². The van der Waals surface area contributed by atoms with Gasteiger partial charge in [0.05, 0.1) is 0 Å². The van der Waals surface area contributed by atoms with E-state index in [2.05, 4.69) is 12.1 Å². The molecule has 1 heterocycles.